The van der Waals surface area contributed by atoms with Gasteiger partial charge in [0, 0.05) is 6.20 Å². The van der Waals surface area contributed by atoms with E-state index in [0.29, 0.717) is 10.8 Å². The number of hydrogen-bond acceptors (Lipinski definition) is 4. The Morgan fingerprint density at radius 2 is 2.10 bits per heavy atom. The molecule has 1 aromatic carbocycles. The van der Waals surface area contributed by atoms with Gasteiger partial charge in [-0.3, -0.25) is 9.97 Å². The summed E-state index contributed by atoms with van der Waals surface area (Å²) in [6.45, 7) is 4.80. The maximum absolute atomic E-state index is 6.07. The summed E-state index contributed by atoms with van der Waals surface area (Å²) in [5.74, 6) is 0.659. The standard InChI is InChI=1S/C15H18ClN3O/c1-4-17-15(13-9-18-10(2)8-19-13)11-5-6-12(16)14(7-11)20-3/h5-9,15,17H,4H2,1-3H3. The first kappa shape index (κ1) is 14.8. The van der Waals surface area contributed by atoms with Crippen molar-refractivity contribution in [1.29, 1.82) is 0 Å². The third-order valence-corrected chi connectivity index (χ3v) is 3.33. The summed E-state index contributed by atoms with van der Waals surface area (Å²) in [5, 5.41) is 4.00. The van der Waals surface area contributed by atoms with E-state index in [-0.39, 0.29) is 6.04 Å². The third-order valence-electron chi connectivity index (χ3n) is 3.01. The largest absolute Gasteiger partial charge is 0.495 e. The van der Waals surface area contributed by atoms with Crippen LogP contribution in [0.2, 0.25) is 5.02 Å². The third kappa shape index (κ3) is 3.26. The molecule has 0 saturated heterocycles. The van der Waals surface area contributed by atoms with Crippen LogP contribution in [0.5, 0.6) is 5.75 Å². The fourth-order valence-electron chi connectivity index (χ4n) is 2.00. The van der Waals surface area contributed by atoms with Gasteiger partial charge < -0.3 is 10.1 Å². The molecule has 0 aliphatic carbocycles. The van der Waals surface area contributed by atoms with Gasteiger partial charge >= 0.3 is 0 Å². The molecule has 4 nitrogen and oxygen atoms in total. The fraction of sp³-hybridized carbons (Fsp3) is 0.333. The maximum Gasteiger partial charge on any atom is 0.137 e. The monoisotopic (exact) mass is 291 g/mol. The Morgan fingerprint density at radius 3 is 2.70 bits per heavy atom. The number of aryl methyl sites for hydroxylation is 1. The Bertz CT molecular complexity index is 572. The van der Waals surface area contributed by atoms with Gasteiger partial charge in [-0.1, -0.05) is 24.6 Å². The smallest absolute Gasteiger partial charge is 0.137 e. The minimum absolute atomic E-state index is 0.0285. The van der Waals surface area contributed by atoms with Crippen molar-refractivity contribution in [2.24, 2.45) is 0 Å². The van der Waals surface area contributed by atoms with Gasteiger partial charge in [-0.15, -0.1) is 0 Å². The number of hydrogen-bond donors (Lipinski definition) is 1. The first-order valence-corrected chi connectivity index (χ1v) is 6.89. The van der Waals surface area contributed by atoms with Crippen molar-refractivity contribution in [3.05, 3.63) is 52.6 Å². The molecule has 1 heterocycles. The highest BCUT2D eigenvalue weighted by Gasteiger charge is 2.16. The van der Waals surface area contributed by atoms with E-state index in [2.05, 4.69) is 22.2 Å². The lowest BCUT2D eigenvalue weighted by atomic mass is 10.0. The molecule has 0 fully saturated rings. The Balaban J connectivity index is 2.39. The summed E-state index contributed by atoms with van der Waals surface area (Å²) >= 11 is 6.07. The summed E-state index contributed by atoms with van der Waals surface area (Å²) in [6.07, 6.45) is 3.57. The molecule has 1 atom stereocenters. The number of nitrogens with one attached hydrogen (secondary N) is 1. The van der Waals surface area contributed by atoms with Gasteiger partial charge in [0.25, 0.3) is 0 Å². The maximum atomic E-state index is 6.07. The second-order valence-electron chi connectivity index (χ2n) is 4.47. The van der Waals surface area contributed by atoms with E-state index in [1.54, 1.807) is 19.5 Å². The molecule has 5 heteroatoms. The molecule has 1 N–H and O–H groups in total. The normalized spacial score (nSPS) is 12.2. The molecule has 0 saturated carbocycles. The van der Waals surface area contributed by atoms with Gasteiger partial charge in [0.15, 0.2) is 0 Å². The summed E-state index contributed by atoms with van der Waals surface area (Å²) in [6, 6.07) is 5.71. The van der Waals surface area contributed by atoms with Crippen molar-refractivity contribution in [2.75, 3.05) is 13.7 Å². The molecule has 0 aliphatic rings. The highest BCUT2D eigenvalue weighted by molar-refractivity contribution is 6.32. The van der Waals surface area contributed by atoms with E-state index in [1.165, 1.54) is 0 Å². The van der Waals surface area contributed by atoms with Crippen molar-refractivity contribution in [3.8, 4) is 5.75 Å². The molecule has 2 aromatic rings. The summed E-state index contributed by atoms with van der Waals surface area (Å²) in [7, 11) is 1.61. The van der Waals surface area contributed by atoms with Crippen molar-refractivity contribution in [3.63, 3.8) is 0 Å². The Kier molecular flexibility index (Phi) is 4.93. The van der Waals surface area contributed by atoms with Crippen LogP contribution in [0.1, 0.15) is 29.9 Å². The molecular weight excluding hydrogens is 274 g/mol. The highest BCUT2D eigenvalue weighted by atomic mass is 35.5. The molecule has 1 aromatic heterocycles. The molecule has 0 radical (unpaired) electrons. The topological polar surface area (TPSA) is 47.0 Å². The molecular formula is C15H18ClN3O. The van der Waals surface area contributed by atoms with Gasteiger partial charge in [-0.05, 0) is 31.2 Å². The first-order valence-electron chi connectivity index (χ1n) is 6.51. The number of nitrogens with zero attached hydrogens (tertiary/aromatic N) is 2. The minimum Gasteiger partial charge on any atom is -0.495 e. The van der Waals surface area contributed by atoms with Crippen LogP contribution in [0.4, 0.5) is 0 Å². The van der Waals surface area contributed by atoms with E-state index < -0.39 is 0 Å². The second kappa shape index (κ2) is 6.68. The van der Waals surface area contributed by atoms with Crippen LogP contribution in [0.25, 0.3) is 0 Å². The zero-order valence-corrected chi connectivity index (χ0v) is 12.6. The average Bonchev–Trinajstić information content (AvgIpc) is 2.47. The van der Waals surface area contributed by atoms with E-state index in [1.807, 2.05) is 25.1 Å². The van der Waals surface area contributed by atoms with Crippen LogP contribution in [0.3, 0.4) is 0 Å². The van der Waals surface area contributed by atoms with Gasteiger partial charge in [-0.25, -0.2) is 0 Å². The van der Waals surface area contributed by atoms with Crippen LogP contribution in [0.15, 0.2) is 30.6 Å². The number of methoxy groups -OCH3 is 1. The fourth-order valence-corrected chi connectivity index (χ4v) is 2.20. The predicted octanol–water partition coefficient (Wildman–Crippen LogP) is 3.15. The second-order valence-corrected chi connectivity index (χ2v) is 4.87. The van der Waals surface area contributed by atoms with Crippen molar-refractivity contribution >= 4 is 11.6 Å². The number of ether oxygens (including phenoxy) is 1. The van der Waals surface area contributed by atoms with Crippen LogP contribution in [-0.4, -0.2) is 23.6 Å². The molecule has 106 valence electrons. The van der Waals surface area contributed by atoms with E-state index in [0.717, 1.165) is 23.5 Å². The van der Waals surface area contributed by atoms with Gasteiger partial charge in [-0.2, -0.15) is 0 Å². The lowest BCUT2D eigenvalue weighted by Crippen LogP contribution is -2.23. The SMILES string of the molecule is CCNC(c1ccc(Cl)c(OC)c1)c1cnc(C)cn1. The van der Waals surface area contributed by atoms with E-state index in [4.69, 9.17) is 16.3 Å². The molecule has 0 spiro atoms. The first-order chi connectivity index (χ1) is 9.65. The summed E-state index contributed by atoms with van der Waals surface area (Å²) in [4.78, 5) is 8.76. The van der Waals surface area contributed by atoms with Crippen LogP contribution in [0, 0.1) is 6.92 Å². The molecule has 1 unspecified atom stereocenters. The van der Waals surface area contributed by atoms with Gasteiger partial charge in [0.1, 0.15) is 5.75 Å². The quantitative estimate of drug-likeness (QED) is 0.919. The molecule has 0 aliphatic heterocycles. The average molecular weight is 292 g/mol. The lowest BCUT2D eigenvalue weighted by Gasteiger charge is -2.18. The number of benzene rings is 1. The zero-order valence-electron chi connectivity index (χ0n) is 11.9. The number of rotatable bonds is 5. The Hall–Kier alpha value is -1.65. The highest BCUT2D eigenvalue weighted by Crippen LogP contribution is 2.29. The molecule has 2 rings (SSSR count). The minimum atomic E-state index is -0.0285. The summed E-state index contributed by atoms with van der Waals surface area (Å²) in [5.41, 5.74) is 2.82. The molecule has 20 heavy (non-hydrogen) atoms. The van der Waals surface area contributed by atoms with Crippen LogP contribution < -0.4 is 10.1 Å². The van der Waals surface area contributed by atoms with Crippen molar-refractivity contribution in [2.45, 2.75) is 19.9 Å². The van der Waals surface area contributed by atoms with Crippen LogP contribution in [-0.2, 0) is 0 Å². The lowest BCUT2D eigenvalue weighted by molar-refractivity contribution is 0.414. The Morgan fingerprint density at radius 1 is 1.30 bits per heavy atom. The van der Waals surface area contributed by atoms with Crippen molar-refractivity contribution in [1.82, 2.24) is 15.3 Å². The van der Waals surface area contributed by atoms with E-state index >= 15 is 0 Å². The van der Waals surface area contributed by atoms with Crippen molar-refractivity contribution < 1.29 is 4.74 Å². The predicted molar refractivity (Wildman–Crippen MR) is 80.3 cm³/mol. The van der Waals surface area contributed by atoms with Crippen LogP contribution >= 0.6 is 11.6 Å². The summed E-state index contributed by atoms with van der Waals surface area (Å²) < 4.78 is 5.27. The molecule has 0 amide bonds. The number of aromatic nitrogens is 2. The van der Waals surface area contributed by atoms with Gasteiger partial charge in [0.2, 0.25) is 0 Å². The Labute approximate surface area is 124 Å². The van der Waals surface area contributed by atoms with Gasteiger partial charge in [0.05, 0.1) is 35.8 Å². The number of halogens is 1. The van der Waals surface area contributed by atoms with E-state index in [9.17, 15) is 0 Å². The molecule has 0 bridgehead atoms. The zero-order chi connectivity index (χ0) is 14.5.